The Kier molecular flexibility index (Phi) is 6.04. The minimum absolute atomic E-state index is 0.160. The van der Waals surface area contributed by atoms with E-state index in [0.29, 0.717) is 16.7 Å². The fourth-order valence-electron chi connectivity index (χ4n) is 1.62. The zero-order chi connectivity index (χ0) is 14.6. The van der Waals surface area contributed by atoms with Crippen molar-refractivity contribution in [2.75, 3.05) is 13.7 Å². The number of carbonyl (C=O) groups excluding carboxylic acids is 1. The molecule has 1 rings (SSSR count). The number of aryl methyl sites for hydroxylation is 1. The molecule has 106 valence electrons. The Balaban J connectivity index is 2.94. The molecule has 0 atom stereocenters. The molecule has 1 aromatic rings. The zero-order valence-electron chi connectivity index (χ0n) is 11.5. The number of methoxy groups -OCH3 is 1. The van der Waals surface area contributed by atoms with Crippen molar-refractivity contribution in [3.05, 3.63) is 27.5 Å². The highest BCUT2D eigenvalue weighted by atomic mass is 35.5. The van der Waals surface area contributed by atoms with Gasteiger partial charge in [0.15, 0.2) is 0 Å². The fraction of sp³-hybridized carbons (Fsp3) is 0.538. The number of rotatable bonds is 5. The minimum atomic E-state index is -0.291. The molecule has 0 saturated heterocycles. The number of esters is 1. The van der Waals surface area contributed by atoms with Crippen molar-refractivity contribution in [3.63, 3.8) is 0 Å². The van der Waals surface area contributed by atoms with Gasteiger partial charge in [-0.25, -0.2) is 4.98 Å². The highest BCUT2D eigenvalue weighted by Crippen LogP contribution is 2.25. The molecular formula is C13H18Cl2N2O2. The zero-order valence-corrected chi connectivity index (χ0v) is 13.0. The summed E-state index contributed by atoms with van der Waals surface area (Å²) in [5, 5.41) is 0.938. The lowest BCUT2D eigenvalue weighted by Gasteiger charge is -2.25. The Hall–Kier alpha value is -0.840. The third kappa shape index (κ3) is 4.64. The number of nitrogens with zero attached hydrogens (tertiary/aromatic N) is 2. The van der Waals surface area contributed by atoms with E-state index in [-0.39, 0.29) is 18.6 Å². The van der Waals surface area contributed by atoms with Crippen LogP contribution in [0.1, 0.15) is 25.1 Å². The maximum Gasteiger partial charge on any atom is 0.319 e. The summed E-state index contributed by atoms with van der Waals surface area (Å²) in [6, 6.07) is 1.92. The average molecular weight is 305 g/mol. The predicted octanol–water partition coefficient (Wildman–Crippen LogP) is 3.08. The van der Waals surface area contributed by atoms with Crippen molar-refractivity contribution in [3.8, 4) is 0 Å². The van der Waals surface area contributed by atoms with Crippen molar-refractivity contribution in [1.82, 2.24) is 9.88 Å². The summed E-state index contributed by atoms with van der Waals surface area (Å²) < 4.78 is 4.69. The molecule has 0 aromatic carbocycles. The average Bonchev–Trinajstić information content (AvgIpc) is 2.31. The molecule has 1 heterocycles. The summed E-state index contributed by atoms with van der Waals surface area (Å²) in [7, 11) is 1.37. The van der Waals surface area contributed by atoms with Crippen LogP contribution < -0.4 is 0 Å². The van der Waals surface area contributed by atoms with Gasteiger partial charge < -0.3 is 4.74 Å². The van der Waals surface area contributed by atoms with E-state index in [1.807, 2.05) is 25.7 Å². The first kappa shape index (κ1) is 16.2. The van der Waals surface area contributed by atoms with Crippen molar-refractivity contribution in [2.45, 2.75) is 33.4 Å². The third-order valence-corrected chi connectivity index (χ3v) is 3.45. The van der Waals surface area contributed by atoms with Gasteiger partial charge in [0.1, 0.15) is 5.15 Å². The quantitative estimate of drug-likeness (QED) is 0.619. The monoisotopic (exact) mass is 304 g/mol. The first-order valence-electron chi connectivity index (χ1n) is 5.97. The van der Waals surface area contributed by atoms with Crippen LogP contribution in [0.4, 0.5) is 0 Å². The van der Waals surface area contributed by atoms with Gasteiger partial charge in [0.25, 0.3) is 0 Å². The summed E-state index contributed by atoms with van der Waals surface area (Å²) in [6.07, 6.45) is 0. The molecule has 4 nitrogen and oxygen atoms in total. The molecule has 0 N–H and O–H groups in total. The summed E-state index contributed by atoms with van der Waals surface area (Å²) >= 11 is 12.3. The molecule has 6 heteroatoms. The van der Waals surface area contributed by atoms with Crippen molar-refractivity contribution in [2.24, 2.45) is 0 Å². The van der Waals surface area contributed by atoms with Gasteiger partial charge in [0.05, 0.1) is 13.7 Å². The lowest BCUT2D eigenvalue weighted by molar-refractivity contribution is -0.142. The van der Waals surface area contributed by atoms with Crippen LogP contribution in [0, 0.1) is 6.92 Å². The second-order valence-electron chi connectivity index (χ2n) is 4.59. The highest BCUT2D eigenvalue weighted by Gasteiger charge is 2.18. The molecule has 19 heavy (non-hydrogen) atoms. The second kappa shape index (κ2) is 7.08. The smallest absolute Gasteiger partial charge is 0.319 e. The first-order chi connectivity index (χ1) is 8.85. The van der Waals surface area contributed by atoms with Crippen LogP contribution in [-0.4, -0.2) is 35.5 Å². The number of hydrogen-bond donors (Lipinski definition) is 0. The summed E-state index contributed by atoms with van der Waals surface area (Å²) in [5.41, 5.74) is 1.49. The van der Waals surface area contributed by atoms with Gasteiger partial charge in [-0.2, -0.15) is 0 Å². The number of hydrogen-bond acceptors (Lipinski definition) is 4. The molecule has 0 aliphatic rings. The molecule has 0 spiro atoms. The lowest BCUT2D eigenvalue weighted by Crippen LogP contribution is -2.35. The molecule has 0 bridgehead atoms. The topological polar surface area (TPSA) is 42.4 Å². The van der Waals surface area contributed by atoms with Crippen LogP contribution in [0.15, 0.2) is 6.07 Å². The fourth-order valence-corrected chi connectivity index (χ4v) is 2.27. The summed E-state index contributed by atoms with van der Waals surface area (Å²) in [5.74, 6) is -0.291. The van der Waals surface area contributed by atoms with Crippen molar-refractivity contribution >= 4 is 29.2 Å². The van der Waals surface area contributed by atoms with E-state index >= 15 is 0 Å². The van der Waals surface area contributed by atoms with Crippen LogP contribution >= 0.6 is 23.2 Å². The molecule has 1 aromatic heterocycles. The maximum absolute atomic E-state index is 11.4. The lowest BCUT2D eigenvalue weighted by atomic mass is 10.2. The third-order valence-electron chi connectivity index (χ3n) is 2.80. The molecule has 0 saturated carbocycles. The number of ether oxygens (including phenoxy) is 1. The second-order valence-corrected chi connectivity index (χ2v) is 5.35. The number of aromatic nitrogens is 1. The van der Waals surface area contributed by atoms with Crippen molar-refractivity contribution < 1.29 is 9.53 Å². The SMILES string of the molecule is COC(=O)CN(Cc1c(Cl)cc(C)nc1Cl)C(C)C. The van der Waals surface area contributed by atoms with Gasteiger partial charge in [-0.3, -0.25) is 9.69 Å². The van der Waals surface area contributed by atoms with Crippen LogP contribution in [-0.2, 0) is 16.1 Å². The van der Waals surface area contributed by atoms with Gasteiger partial charge in [-0.05, 0) is 26.8 Å². The van der Waals surface area contributed by atoms with E-state index in [2.05, 4.69) is 9.72 Å². The highest BCUT2D eigenvalue weighted by molar-refractivity contribution is 6.35. The Bertz CT molecular complexity index is 441. The van der Waals surface area contributed by atoms with E-state index in [9.17, 15) is 4.79 Å². The normalized spacial score (nSPS) is 11.2. The Morgan fingerprint density at radius 1 is 1.47 bits per heavy atom. The number of pyridine rings is 1. The standard InChI is InChI=1S/C13H18Cl2N2O2/c1-8(2)17(7-12(18)19-4)6-10-11(14)5-9(3)16-13(10)15/h5,8H,6-7H2,1-4H3. The van der Waals surface area contributed by atoms with Gasteiger partial charge in [0.2, 0.25) is 0 Å². The van der Waals surface area contributed by atoms with E-state index in [0.717, 1.165) is 11.3 Å². The maximum atomic E-state index is 11.4. The van der Waals surface area contributed by atoms with Gasteiger partial charge in [0, 0.05) is 28.9 Å². The predicted molar refractivity (Wildman–Crippen MR) is 76.6 cm³/mol. The molecular weight excluding hydrogens is 287 g/mol. The summed E-state index contributed by atoms with van der Waals surface area (Å²) in [4.78, 5) is 17.5. The molecule has 0 radical (unpaired) electrons. The Morgan fingerprint density at radius 3 is 2.58 bits per heavy atom. The van der Waals surface area contributed by atoms with Crippen LogP contribution in [0.25, 0.3) is 0 Å². The largest absolute Gasteiger partial charge is 0.468 e. The number of carbonyl (C=O) groups is 1. The molecule has 0 aliphatic carbocycles. The molecule has 0 unspecified atom stereocenters. The van der Waals surface area contributed by atoms with Crippen LogP contribution in [0.2, 0.25) is 10.2 Å². The summed E-state index contributed by atoms with van der Waals surface area (Å²) in [6.45, 7) is 6.46. The Morgan fingerprint density at radius 2 is 2.11 bits per heavy atom. The molecule has 0 aliphatic heterocycles. The van der Waals surface area contributed by atoms with Crippen molar-refractivity contribution in [1.29, 1.82) is 0 Å². The minimum Gasteiger partial charge on any atom is -0.468 e. The Labute approximate surface area is 123 Å². The van der Waals surface area contributed by atoms with Gasteiger partial charge in [-0.1, -0.05) is 23.2 Å². The van der Waals surface area contributed by atoms with Crippen LogP contribution in [0.3, 0.4) is 0 Å². The van der Waals surface area contributed by atoms with E-state index < -0.39 is 0 Å². The van der Waals surface area contributed by atoms with E-state index in [4.69, 9.17) is 23.2 Å². The first-order valence-corrected chi connectivity index (χ1v) is 6.73. The van der Waals surface area contributed by atoms with E-state index in [1.54, 1.807) is 6.07 Å². The number of halogens is 2. The van der Waals surface area contributed by atoms with E-state index in [1.165, 1.54) is 7.11 Å². The van der Waals surface area contributed by atoms with Gasteiger partial charge >= 0.3 is 5.97 Å². The molecule has 0 amide bonds. The van der Waals surface area contributed by atoms with Gasteiger partial charge in [-0.15, -0.1) is 0 Å². The van der Waals surface area contributed by atoms with Crippen LogP contribution in [0.5, 0.6) is 0 Å². The molecule has 0 fully saturated rings.